The number of furan rings is 1. The van der Waals surface area contributed by atoms with Gasteiger partial charge in [-0.15, -0.1) is 0 Å². The third-order valence-corrected chi connectivity index (χ3v) is 3.74. The summed E-state index contributed by atoms with van der Waals surface area (Å²) in [5.41, 5.74) is 1.81. The van der Waals surface area contributed by atoms with Crippen LogP contribution < -0.4 is 5.32 Å². The minimum atomic E-state index is -0.572. The van der Waals surface area contributed by atoms with Gasteiger partial charge in [0.2, 0.25) is 0 Å². The number of amides is 1. The first kappa shape index (κ1) is 17.5. The molecule has 26 heavy (non-hydrogen) atoms. The van der Waals surface area contributed by atoms with Crippen LogP contribution in [0, 0.1) is 5.82 Å². The first-order chi connectivity index (χ1) is 12.5. The molecule has 0 bridgehead atoms. The quantitative estimate of drug-likeness (QED) is 0.662. The van der Waals surface area contributed by atoms with Crippen molar-refractivity contribution in [1.82, 2.24) is 5.32 Å². The molecule has 0 unspecified atom stereocenters. The summed E-state index contributed by atoms with van der Waals surface area (Å²) in [4.78, 5) is 23.6. The summed E-state index contributed by atoms with van der Waals surface area (Å²) in [7, 11) is 0. The Labute approximate surface area is 148 Å². The van der Waals surface area contributed by atoms with E-state index >= 15 is 0 Å². The number of halogens is 1. The number of carbonyl (C=O) groups is 2. The molecule has 2 N–H and O–H groups in total. The fraction of sp³-hybridized carbons (Fsp3) is 0.158. The maximum atomic E-state index is 12.8. The van der Waals surface area contributed by atoms with Crippen LogP contribution in [-0.4, -0.2) is 23.6 Å². The lowest BCUT2D eigenvalue weighted by molar-refractivity contribution is -0.147. The van der Waals surface area contributed by atoms with Crippen molar-refractivity contribution in [2.75, 3.05) is 6.61 Å². The summed E-state index contributed by atoms with van der Waals surface area (Å²) in [5, 5.41) is 12.7. The van der Waals surface area contributed by atoms with Crippen LogP contribution in [0.25, 0.3) is 11.0 Å². The Hall–Kier alpha value is -3.35. The Balaban J connectivity index is 1.47. The summed E-state index contributed by atoms with van der Waals surface area (Å²) >= 11 is 0. The van der Waals surface area contributed by atoms with E-state index in [2.05, 4.69) is 5.32 Å². The third kappa shape index (κ3) is 4.38. The summed E-state index contributed by atoms with van der Waals surface area (Å²) in [5.74, 6) is -1.31. The lowest BCUT2D eigenvalue weighted by Gasteiger charge is -2.06. The van der Waals surface area contributed by atoms with Crippen molar-refractivity contribution >= 4 is 22.8 Å². The van der Waals surface area contributed by atoms with Gasteiger partial charge in [0.1, 0.15) is 17.1 Å². The number of ether oxygens (including phenoxy) is 1. The molecule has 1 amide bonds. The topological polar surface area (TPSA) is 88.8 Å². The van der Waals surface area contributed by atoms with Gasteiger partial charge in [-0.2, -0.15) is 0 Å². The van der Waals surface area contributed by atoms with Gasteiger partial charge in [-0.3, -0.25) is 9.59 Å². The number of phenols is 1. The second kappa shape index (κ2) is 7.69. The number of fused-ring (bicyclic) bond motifs is 1. The molecular weight excluding hydrogens is 341 g/mol. The molecule has 0 radical (unpaired) electrons. The monoisotopic (exact) mass is 357 g/mol. The number of aromatic hydroxyl groups is 1. The van der Waals surface area contributed by atoms with E-state index in [1.54, 1.807) is 18.2 Å². The molecule has 0 fully saturated rings. The van der Waals surface area contributed by atoms with Crippen LogP contribution >= 0.6 is 0 Å². The molecule has 0 saturated carbocycles. The highest BCUT2D eigenvalue weighted by molar-refractivity contribution is 5.87. The van der Waals surface area contributed by atoms with E-state index in [1.165, 1.54) is 30.5 Å². The molecule has 134 valence electrons. The second-order valence-electron chi connectivity index (χ2n) is 5.68. The summed E-state index contributed by atoms with van der Waals surface area (Å²) in [6.45, 7) is -0.191. The molecule has 0 aliphatic carbocycles. The molecule has 1 heterocycles. The van der Waals surface area contributed by atoms with Crippen molar-refractivity contribution in [2.24, 2.45) is 0 Å². The van der Waals surface area contributed by atoms with Crippen LogP contribution in [0.5, 0.6) is 5.75 Å². The maximum absolute atomic E-state index is 12.8. The molecule has 0 saturated heterocycles. The average Bonchev–Trinajstić information content (AvgIpc) is 3.01. The molecule has 3 rings (SSSR count). The Morgan fingerprint density at radius 2 is 1.92 bits per heavy atom. The van der Waals surface area contributed by atoms with Gasteiger partial charge in [-0.25, -0.2) is 4.39 Å². The van der Waals surface area contributed by atoms with Crippen LogP contribution in [0.1, 0.15) is 11.1 Å². The molecule has 0 aliphatic heterocycles. The fourth-order valence-electron chi connectivity index (χ4n) is 2.42. The molecule has 7 heteroatoms. The van der Waals surface area contributed by atoms with Gasteiger partial charge < -0.3 is 19.6 Å². The number of hydrogen-bond acceptors (Lipinski definition) is 5. The lowest BCUT2D eigenvalue weighted by Crippen LogP contribution is -2.28. The highest BCUT2D eigenvalue weighted by Gasteiger charge is 2.13. The van der Waals surface area contributed by atoms with Gasteiger partial charge >= 0.3 is 5.97 Å². The van der Waals surface area contributed by atoms with Crippen molar-refractivity contribution in [3.63, 3.8) is 0 Å². The normalized spacial score (nSPS) is 10.7. The molecule has 2 aromatic carbocycles. The Morgan fingerprint density at radius 3 is 2.69 bits per heavy atom. The Morgan fingerprint density at radius 1 is 1.15 bits per heavy atom. The highest BCUT2D eigenvalue weighted by atomic mass is 19.1. The number of rotatable bonds is 6. The first-order valence-corrected chi connectivity index (χ1v) is 7.87. The summed E-state index contributed by atoms with van der Waals surface area (Å²) < 4.78 is 23.0. The average molecular weight is 357 g/mol. The van der Waals surface area contributed by atoms with Gasteiger partial charge in [0.05, 0.1) is 12.7 Å². The number of nitrogens with one attached hydrogen (secondary N) is 1. The molecule has 1 aromatic heterocycles. The van der Waals surface area contributed by atoms with Crippen molar-refractivity contribution in [3.05, 3.63) is 65.7 Å². The summed E-state index contributed by atoms with van der Waals surface area (Å²) in [6.07, 6.45) is 1.36. The Kier molecular flexibility index (Phi) is 5.17. The SMILES string of the molecule is O=C(COC(=O)Cc1coc2cc(O)ccc12)NCc1ccc(F)cc1. The van der Waals surface area contributed by atoms with Gasteiger partial charge in [0.25, 0.3) is 5.91 Å². The van der Waals surface area contributed by atoms with Crippen LogP contribution in [0.4, 0.5) is 4.39 Å². The largest absolute Gasteiger partial charge is 0.508 e. The highest BCUT2D eigenvalue weighted by Crippen LogP contribution is 2.25. The van der Waals surface area contributed by atoms with Crippen LogP contribution in [0.2, 0.25) is 0 Å². The van der Waals surface area contributed by atoms with Crippen molar-refractivity contribution in [2.45, 2.75) is 13.0 Å². The minimum Gasteiger partial charge on any atom is -0.508 e. The van der Waals surface area contributed by atoms with E-state index in [0.717, 1.165) is 5.56 Å². The fourth-order valence-corrected chi connectivity index (χ4v) is 2.42. The standard InChI is InChI=1S/C19H16FNO5/c20-14-3-1-12(2-4-14)9-21-18(23)11-26-19(24)7-13-10-25-17-8-15(22)5-6-16(13)17/h1-6,8,10,22H,7,9,11H2,(H,21,23). The lowest BCUT2D eigenvalue weighted by atomic mass is 10.1. The predicted octanol–water partition coefficient (Wildman–Crippen LogP) is 2.68. The third-order valence-electron chi connectivity index (χ3n) is 3.74. The minimum absolute atomic E-state index is 0.0526. The van der Waals surface area contributed by atoms with Gasteiger partial charge in [0.15, 0.2) is 6.61 Å². The predicted molar refractivity (Wildman–Crippen MR) is 90.8 cm³/mol. The van der Waals surface area contributed by atoms with Crippen molar-refractivity contribution in [1.29, 1.82) is 0 Å². The molecule has 0 atom stereocenters. The zero-order chi connectivity index (χ0) is 18.5. The van der Waals surface area contributed by atoms with Crippen molar-refractivity contribution < 1.29 is 28.2 Å². The van der Waals surface area contributed by atoms with Crippen LogP contribution in [-0.2, 0) is 27.3 Å². The zero-order valence-electron chi connectivity index (χ0n) is 13.7. The number of hydrogen-bond donors (Lipinski definition) is 2. The molecule has 0 aliphatic rings. The number of carbonyl (C=O) groups excluding carboxylic acids is 2. The molecule has 0 spiro atoms. The maximum Gasteiger partial charge on any atom is 0.310 e. The number of benzene rings is 2. The smallest absolute Gasteiger partial charge is 0.310 e. The van der Waals surface area contributed by atoms with E-state index < -0.39 is 18.5 Å². The van der Waals surface area contributed by atoms with E-state index in [0.29, 0.717) is 16.5 Å². The molecule has 3 aromatic rings. The number of phenolic OH excluding ortho intramolecular Hbond substituents is 1. The zero-order valence-corrected chi connectivity index (χ0v) is 13.7. The summed E-state index contributed by atoms with van der Waals surface area (Å²) in [6, 6.07) is 10.3. The molecular formula is C19H16FNO5. The van der Waals surface area contributed by atoms with Gasteiger partial charge in [0, 0.05) is 23.6 Å². The van der Waals surface area contributed by atoms with Crippen LogP contribution in [0.3, 0.4) is 0 Å². The van der Waals surface area contributed by atoms with E-state index in [9.17, 15) is 19.1 Å². The first-order valence-electron chi connectivity index (χ1n) is 7.87. The molecule has 6 nitrogen and oxygen atoms in total. The Bertz CT molecular complexity index is 933. The second-order valence-corrected chi connectivity index (χ2v) is 5.68. The van der Waals surface area contributed by atoms with E-state index in [1.807, 2.05) is 0 Å². The van der Waals surface area contributed by atoms with Gasteiger partial charge in [-0.1, -0.05) is 12.1 Å². The van der Waals surface area contributed by atoms with Crippen molar-refractivity contribution in [3.8, 4) is 5.75 Å². The van der Waals surface area contributed by atoms with E-state index in [4.69, 9.17) is 9.15 Å². The van der Waals surface area contributed by atoms with Crippen LogP contribution in [0.15, 0.2) is 53.1 Å². The number of esters is 1. The van der Waals surface area contributed by atoms with E-state index in [-0.39, 0.29) is 24.5 Å². The van der Waals surface area contributed by atoms with Gasteiger partial charge in [-0.05, 0) is 29.8 Å².